The molecule has 2 heterocycles. The van der Waals surface area contributed by atoms with Crippen LogP contribution in [0.5, 0.6) is 0 Å². The van der Waals surface area contributed by atoms with Gasteiger partial charge in [0.15, 0.2) is 5.58 Å². The van der Waals surface area contributed by atoms with E-state index in [9.17, 15) is 0 Å². The van der Waals surface area contributed by atoms with Crippen molar-refractivity contribution in [1.82, 2.24) is 9.97 Å². The highest BCUT2D eigenvalue weighted by Crippen LogP contribution is 2.36. The largest absolute Gasteiger partial charge is 0.440 e. The van der Waals surface area contributed by atoms with Gasteiger partial charge in [-0.25, -0.2) is 9.97 Å². The van der Waals surface area contributed by atoms with Crippen molar-refractivity contribution in [2.75, 3.05) is 0 Å². The summed E-state index contributed by atoms with van der Waals surface area (Å²) in [6.07, 6.45) is 0. The average molecular weight is 336 g/mol. The maximum absolute atomic E-state index is 6.01. The van der Waals surface area contributed by atoms with E-state index in [0.29, 0.717) is 5.92 Å². The van der Waals surface area contributed by atoms with E-state index in [1.165, 1.54) is 15.3 Å². The number of hydrogen-bond donors (Lipinski definition) is 0. The maximum Gasteiger partial charge on any atom is 0.205 e. The van der Waals surface area contributed by atoms with Gasteiger partial charge in [-0.2, -0.15) is 0 Å². The fourth-order valence-corrected chi connectivity index (χ4v) is 3.79. The molecule has 0 saturated heterocycles. The van der Waals surface area contributed by atoms with Crippen molar-refractivity contribution in [3.05, 3.63) is 58.9 Å². The molecule has 0 aliphatic heterocycles. The number of hydrogen-bond acceptors (Lipinski definition) is 4. The van der Waals surface area contributed by atoms with Crippen molar-refractivity contribution in [3.63, 3.8) is 0 Å². The fraction of sp³-hybridized carbons (Fsp3) is 0.300. The molecule has 0 amide bonds. The van der Waals surface area contributed by atoms with Gasteiger partial charge in [-0.15, -0.1) is 11.3 Å². The number of nitrogens with zero attached hydrogens (tertiary/aromatic N) is 2. The summed E-state index contributed by atoms with van der Waals surface area (Å²) < 4.78 is 7.25. The Morgan fingerprint density at radius 1 is 1.00 bits per heavy atom. The van der Waals surface area contributed by atoms with Crippen molar-refractivity contribution in [1.29, 1.82) is 0 Å². The topological polar surface area (TPSA) is 38.9 Å². The van der Waals surface area contributed by atoms with Crippen LogP contribution in [0.2, 0.25) is 0 Å². The Balaban J connectivity index is 1.81. The molecule has 4 heteroatoms. The zero-order chi connectivity index (χ0) is 16.9. The summed E-state index contributed by atoms with van der Waals surface area (Å²) in [6.45, 7) is 8.66. The molecular formula is C20H20N2OS. The van der Waals surface area contributed by atoms with Crippen molar-refractivity contribution >= 4 is 32.7 Å². The molecule has 0 radical (unpaired) electrons. The van der Waals surface area contributed by atoms with Gasteiger partial charge in [-0.05, 0) is 43.7 Å². The Bertz CT molecular complexity index is 993. The van der Waals surface area contributed by atoms with E-state index in [4.69, 9.17) is 9.40 Å². The van der Waals surface area contributed by atoms with Gasteiger partial charge in [0.05, 0.1) is 20.6 Å². The lowest BCUT2D eigenvalue weighted by atomic mass is 9.84. The molecule has 0 saturated carbocycles. The summed E-state index contributed by atoms with van der Waals surface area (Å²) in [5, 5.41) is 1.18. The predicted molar refractivity (Wildman–Crippen MR) is 99.8 cm³/mol. The van der Waals surface area contributed by atoms with E-state index in [2.05, 4.69) is 50.9 Å². The molecule has 0 aliphatic carbocycles. The first-order valence-corrected chi connectivity index (χ1v) is 9.04. The van der Waals surface area contributed by atoms with Gasteiger partial charge in [0.25, 0.3) is 0 Å². The molecule has 4 aromatic rings. The average Bonchev–Trinajstić information content (AvgIpc) is 3.18. The van der Waals surface area contributed by atoms with Gasteiger partial charge in [-0.1, -0.05) is 32.0 Å². The SMILES string of the molecule is CC(C)c1nc2cc(C(C)(C)c3nc4ccccc4o3)ccc2s1. The minimum absolute atomic E-state index is 0.311. The molecule has 0 N–H and O–H groups in total. The minimum atomic E-state index is -0.311. The van der Waals surface area contributed by atoms with Crippen LogP contribution < -0.4 is 0 Å². The number of aromatic nitrogens is 2. The highest BCUT2D eigenvalue weighted by atomic mass is 32.1. The van der Waals surface area contributed by atoms with Crippen LogP contribution in [0.1, 0.15) is 50.1 Å². The lowest BCUT2D eigenvalue weighted by Crippen LogP contribution is -2.19. The number of oxazole rings is 1. The molecule has 0 unspecified atom stereocenters. The lowest BCUT2D eigenvalue weighted by molar-refractivity contribution is 0.434. The zero-order valence-corrected chi connectivity index (χ0v) is 15.1. The molecule has 3 nitrogen and oxygen atoms in total. The van der Waals surface area contributed by atoms with Crippen molar-refractivity contribution in [2.45, 2.75) is 39.0 Å². The first-order valence-electron chi connectivity index (χ1n) is 8.22. The normalized spacial score (nSPS) is 12.5. The van der Waals surface area contributed by atoms with E-state index in [-0.39, 0.29) is 5.41 Å². The summed E-state index contributed by atoms with van der Waals surface area (Å²) in [5.41, 5.74) is 3.65. The van der Waals surface area contributed by atoms with Gasteiger partial charge < -0.3 is 4.42 Å². The molecule has 0 atom stereocenters. The van der Waals surface area contributed by atoms with Crippen LogP contribution in [0.15, 0.2) is 46.9 Å². The van der Waals surface area contributed by atoms with Crippen molar-refractivity contribution < 1.29 is 4.42 Å². The number of para-hydroxylation sites is 2. The Hall–Kier alpha value is -2.20. The number of rotatable bonds is 3. The third kappa shape index (κ3) is 2.42. The summed E-state index contributed by atoms with van der Waals surface area (Å²) in [4.78, 5) is 9.48. The summed E-state index contributed by atoms with van der Waals surface area (Å²) in [7, 11) is 0. The summed E-state index contributed by atoms with van der Waals surface area (Å²) in [5.74, 6) is 1.19. The Morgan fingerprint density at radius 2 is 1.79 bits per heavy atom. The van der Waals surface area contributed by atoms with Crippen molar-refractivity contribution in [3.8, 4) is 0 Å². The second kappa shape index (κ2) is 5.42. The standard InChI is InChI=1S/C20H20N2OS/c1-12(2)18-21-15-11-13(9-10-17(15)24-18)20(3,4)19-22-14-7-5-6-8-16(14)23-19/h5-12H,1-4H3. The number of thiazole rings is 1. The van der Waals surface area contributed by atoms with Crippen molar-refractivity contribution in [2.24, 2.45) is 0 Å². The first kappa shape index (κ1) is 15.3. The van der Waals surface area contributed by atoms with Crippen LogP contribution >= 0.6 is 11.3 Å². The Kier molecular flexibility index (Phi) is 3.46. The van der Waals surface area contributed by atoms with E-state index in [1.807, 2.05) is 24.3 Å². The third-order valence-electron chi connectivity index (χ3n) is 4.45. The fourth-order valence-electron chi connectivity index (χ4n) is 2.84. The lowest BCUT2D eigenvalue weighted by Gasteiger charge is -2.21. The first-order chi connectivity index (χ1) is 11.4. The molecule has 2 aromatic heterocycles. The van der Waals surface area contributed by atoms with Crippen LogP contribution in [-0.4, -0.2) is 9.97 Å². The highest BCUT2D eigenvalue weighted by molar-refractivity contribution is 7.18. The second-order valence-corrected chi connectivity index (χ2v) is 8.06. The minimum Gasteiger partial charge on any atom is -0.440 e. The molecule has 4 rings (SSSR count). The van der Waals surface area contributed by atoms with E-state index < -0.39 is 0 Å². The van der Waals surface area contributed by atoms with E-state index >= 15 is 0 Å². The monoisotopic (exact) mass is 336 g/mol. The highest BCUT2D eigenvalue weighted by Gasteiger charge is 2.29. The molecule has 0 bridgehead atoms. The molecule has 2 aromatic carbocycles. The van der Waals surface area contributed by atoms with Gasteiger partial charge in [0, 0.05) is 5.92 Å². The Labute approximate surface area is 145 Å². The van der Waals surface area contributed by atoms with Gasteiger partial charge in [0.1, 0.15) is 5.52 Å². The van der Waals surface area contributed by atoms with Crippen LogP contribution in [0.3, 0.4) is 0 Å². The molecule has 0 fully saturated rings. The Morgan fingerprint density at radius 3 is 2.54 bits per heavy atom. The van der Waals surface area contributed by atoms with Gasteiger partial charge >= 0.3 is 0 Å². The molecule has 0 spiro atoms. The van der Waals surface area contributed by atoms with Crippen LogP contribution in [-0.2, 0) is 5.41 Å². The van der Waals surface area contributed by atoms with E-state index in [1.54, 1.807) is 11.3 Å². The van der Waals surface area contributed by atoms with Crippen LogP contribution in [0.4, 0.5) is 0 Å². The van der Waals surface area contributed by atoms with E-state index in [0.717, 1.165) is 22.5 Å². The molecule has 24 heavy (non-hydrogen) atoms. The number of fused-ring (bicyclic) bond motifs is 2. The second-order valence-electron chi connectivity index (χ2n) is 7.00. The molecule has 122 valence electrons. The third-order valence-corrected chi connectivity index (χ3v) is 5.79. The van der Waals surface area contributed by atoms with Gasteiger partial charge in [-0.3, -0.25) is 0 Å². The maximum atomic E-state index is 6.01. The quantitative estimate of drug-likeness (QED) is 0.468. The van der Waals surface area contributed by atoms with Crippen LogP contribution in [0.25, 0.3) is 21.3 Å². The summed E-state index contributed by atoms with van der Waals surface area (Å²) >= 11 is 1.77. The summed E-state index contributed by atoms with van der Waals surface area (Å²) in [6, 6.07) is 14.4. The predicted octanol–water partition coefficient (Wildman–Crippen LogP) is 5.89. The smallest absolute Gasteiger partial charge is 0.205 e. The number of benzene rings is 2. The zero-order valence-electron chi connectivity index (χ0n) is 14.3. The van der Waals surface area contributed by atoms with Crippen LogP contribution in [0, 0.1) is 0 Å². The molecular weight excluding hydrogens is 316 g/mol. The van der Waals surface area contributed by atoms with Gasteiger partial charge in [0.2, 0.25) is 5.89 Å². The molecule has 0 aliphatic rings.